The van der Waals surface area contributed by atoms with Gasteiger partial charge in [-0.1, -0.05) is 29.3 Å². The number of fused-ring (bicyclic) bond motifs is 1. The number of halogens is 1. The van der Waals surface area contributed by atoms with E-state index in [1.54, 1.807) is 4.90 Å². The van der Waals surface area contributed by atoms with Crippen LogP contribution in [0.1, 0.15) is 29.4 Å². The zero-order valence-corrected chi connectivity index (χ0v) is 14.3. The number of nitrogens with zero attached hydrogens (tertiary/aromatic N) is 1. The van der Waals surface area contributed by atoms with Gasteiger partial charge in [0, 0.05) is 27.6 Å². The van der Waals surface area contributed by atoms with Crippen molar-refractivity contribution >= 4 is 48.9 Å². The highest BCUT2D eigenvalue weighted by atomic mass is 79.9. The molecule has 1 heterocycles. The molecule has 6 heteroatoms. The van der Waals surface area contributed by atoms with Crippen LogP contribution in [0, 0.1) is 0 Å². The number of anilines is 1. The van der Waals surface area contributed by atoms with Crippen molar-refractivity contribution in [1.29, 1.82) is 0 Å². The number of amides is 1. The maximum absolute atomic E-state index is 12.6. The van der Waals surface area contributed by atoms with Gasteiger partial charge in [-0.05, 0) is 24.6 Å². The number of aliphatic hydroxyl groups excluding tert-OH is 1. The van der Waals surface area contributed by atoms with Gasteiger partial charge in [0.15, 0.2) is 0 Å². The molecule has 0 bridgehead atoms. The average molecular weight is 371 g/mol. The number of benzene rings is 1. The SMILES string of the molecule is CCCCN(CCO)C(=O)c1sc2ccc(Br)cc2c1N. The first-order valence-electron chi connectivity index (χ1n) is 6.96. The van der Waals surface area contributed by atoms with Crippen molar-refractivity contribution in [3.8, 4) is 0 Å². The number of rotatable bonds is 6. The van der Waals surface area contributed by atoms with Crippen LogP contribution in [-0.4, -0.2) is 35.6 Å². The molecule has 1 aromatic heterocycles. The van der Waals surface area contributed by atoms with Crippen LogP contribution >= 0.6 is 27.3 Å². The van der Waals surface area contributed by atoms with E-state index in [4.69, 9.17) is 10.8 Å². The Morgan fingerprint density at radius 1 is 1.43 bits per heavy atom. The van der Waals surface area contributed by atoms with Crippen LogP contribution in [0.25, 0.3) is 10.1 Å². The predicted molar refractivity (Wildman–Crippen MR) is 91.8 cm³/mol. The lowest BCUT2D eigenvalue weighted by atomic mass is 10.2. The largest absolute Gasteiger partial charge is 0.397 e. The molecule has 0 aliphatic heterocycles. The lowest BCUT2D eigenvalue weighted by molar-refractivity contribution is 0.0725. The molecule has 0 aliphatic carbocycles. The number of unbranched alkanes of at least 4 members (excludes halogenated alkanes) is 1. The van der Waals surface area contributed by atoms with Crippen molar-refractivity contribution in [2.45, 2.75) is 19.8 Å². The molecule has 2 aromatic rings. The lowest BCUT2D eigenvalue weighted by Crippen LogP contribution is -2.34. The molecule has 0 aliphatic rings. The second-order valence-corrected chi connectivity index (χ2v) is 6.82. The van der Waals surface area contributed by atoms with E-state index >= 15 is 0 Å². The van der Waals surface area contributed by atoms with E-state index in [1.807, 2.05) is 18.2 Å². The molecule has 0 atom stereocenters. The molecule has 21 heavy (non-hydrogen) atoms. The fourth-order valence-electron chi connectivity index (χ4n) is 2.18. The highest BCUT2D eigenvalue weighted by Crippen LogP contribution is 2.36. The monoisotopic (exact) mass is 370 g/mol. The first-order valence-corrected chi connectivity index (χ1v) is 8.57. The first-order chi connectivity index (χ1) is 10.1. The Morgan fingerprint density at radius 2 is 2.19 bits per heavy atom. The molecule has 2 rings (SSSR count). The van der Waals surface area contributed by atoms with Crippen LogP contribution in [0.4, 0.5) is 5.69 Å². The highest BCUT2D eigenvalue weighted by molar-refractivity contribution is 9.10. The summed E-state index contributed by atoms with van der Waals surface area (Å²) in [5.41, 5.74) is 6.68. The van der Waals surface area contributed by atoms with Crippen molar-refractivity contribution in [3.63, 3.8) is 0 Å². The van der Waals surface area contributed by atoms with Gasteiger partial charge in [0.2, 0.25) is 0 Å². The average Bonchev–Trinajstić information content (AvgIpc) is 2.80. The molecule has 1 aromatic carbocycles. The zero-order valence-electron chi connectivity index (χ0n) is 11.9. The van der Waals surface area contributed by atoms with Crippen LogP contribution in [0.5, 0.6) is 0 Å². The van der Waals surface area contributed by atoms with E-state index in [9.17, 15) is 4.79 Å². The van der Waals surface area contributed by atoms with Crippen molar-refractivity contribution < 1.29 is 9.90 Å². The van der Waals surface area contributed by atoms with E-state index in [1.165, 1.54) is 11.3 Å². The summed E-state index contributed by atoms with van der Waals surface area (Å²) >= 11 is 4.83. The van der Waals surface area contributed by atoms with Crippen LogP contribution in [-0.2, 0) is 0 Å². The summed E-state index contributed by atoms with van der Waals surface area (Å²) in [5, 5.41) is 10.0. The number of thiophene rings is 1. The smallest absolute Gasteiger partial charge is 0.266 e. The van der Waals surface area contributed by atoms with Crippen LogP contribution in [0.15, 0.2) is 22.7 Å². The zero-order chi connectivity index (χ0) is 15.4. The van der Waals surface area contributed by atoms with Crippen molar-refractivity contribution in [1.82, 2.24) is 4.90 Å². The van der Waals surface area contributed by atoms with Crippen LogP contribution in [0.3, 0.4) is 0 Å². The summed E-state index contributed by atoms with van der Waals surface area (Å²) in [6.45, 7) is 3.03. The summed E-state index contributed by atoms with van der Waals surface area (Å²) in [5.74, 6) is -0.0904. The van der Waals surface area contributed by atoms with E-state index < -0.39 is 0 Å². The minimum Gasteiger partial charge on any atom is -0.397 e. The fourth-order valence-corrected chi connectivity index (χ4v) is 3.61. The minimum absolute atomic E-state index is 0.0359. The molecule has 0 spiro atoms. The van der Waals surface area contributed by atoms with Crippen molar-refractivity contribution in [2.75, 3.05) is 25.4 Å². The third-order valence-electron chi connectivity index (χ3n) is 3.32. The summed E-state index contributed by atoms with van der Waals surface area (Å²) in [6.07, 6.45) is 1.92. The van der Waals surface area contributed by atoms with Crippen LogP contribution < -0.4 is 5.73 Å². The molecule has 0 unspecified atom stereocenters. The molecule has 0 saturated carbocycles. The van der Waals surface area contributed by atoms with Gasteiger partial charge in [-0.2, -0.15) is 0 Å². The Labute approximate surface area is 136 Å². The molecule has 0 fully saturated rings. The van der Waals surface area contributed by atoms with E-state index in [-0.39, 0.29) is 12.5 Å². The second-order valence-electron chi connectivity index (χ2n) is 4.85. The standard InChI is InChI=1S/C15H19BrN2O2S/c1-2-3-6-18(7-8-19)15(20)14-13(17)11-9-10(16)4-5-12(11)21-14/h4-5,9,19H,2-3,6-8,17H2,1H3. The Balaban J connectivity index is 2.34. The summed E-state index contributed by atoms with van der Waals surface area (Å²) in [6, 6.07) is 5.83. The van der Waals surface area contributed by atoms with Gasteiger partial charge in [0.05, 0.1) is 12.3 Å². The second kappa shape index (κ2) is 7.24. The van der Waals surface area contributed by atoms with Crippen LogP contribution in [0.2, 0.25) is 0 Å². The van der Waals surface area contributed by atoms with Gasteiger partial charge in [-0.15, -0.1) is 11.3 Å². The number of hydrogen-bond donors (Lipinski definition) is 2. The van der Waals surface area contributed by atoms with E-state index in [2.05, 4.69) is 22.9 Å². The molecule has 4 nitrogen and oxygen atoms in total. The molecular weight excluding hydrogens is 352 g/mol. The number of carbonyl (C=O) groups is 1. The fraction of sp³-hybridized carbons (Fsp3) is 0.400. The Hall–Kier alpha value is -1.11. The summed E-state index contributed by atoms with van der Waals surface area (Å²) < 4.78 is 1.94. The topological polar surface area (TPSA) is 66.6 Å². The number of carbonyl (C=O) groups excluding carboxylic acids is 1. The summed E-state index contributed by atoms with van der Waals surface area (Å²) in [4.78, 5) is 14.9. The molecule has 114 valence electrons. The minimum atomic E-state index is -0.0904. The summed E-state index contributed by atoms with van der Waals surface area (Å²) in [7, 11) is 0. The van der Waals surface area contributed by atoms with Gasteiger partial charge in [0.1, 0.15) is 4.88 Å². The predicted octanol–water partition coefficient (Wildman–Crippen LogP) is 3.48. The normalized spacial score (nSPS) is 11.0. The molecule has 3 N–H and O–H groups in total. The van der Waals surface area contributed by atoms with Gasteiger partial charge in [-0.25, -0.2) is 0 Å². The van der Waals surface area contributed by atoms with Gasteiger partial charge in [-0.3, -0.25) is 4.79 Å². The Morgan fingerprint density at radius 3 is 2.86 bits per heavy atom. The lowest BCUT2D eigenvalue weighted by Gasteiger charge is -2.21. The quantitative estimate of drug-likeness (QED) is 0.817. The first kappa shape index (κ1) is 16.3. The number of nitrogen functional groups attached to an aromatic ring is 1. The number of nitrogens with two attached hydrogens (primary N) is 1. The Kier molecular flexibility index (Phi) is 5.61. The molecule has 0 saturated heterocycles. The Bertz CT molecular complexity index is 642. The number of aliphatic hydroxyl groups is 1. The van der Waals surface area contributed by atoms with E-state index in [0.717, 1.165) is 27.4 Å². The van der Waals surface area contributed by atoms with Crippen molar-refractivity contribution in [3.05, 3.63) is 27.5 Å². The molecule has 0 radical (unpaired) electrons. The third kappa shape index (κ3) is 3.56. The van der Waals surface area contributed by atoms with Gasteiger partial charge >= 0.3 is 0 Å². The molecular formula is C15H19BrN2O2S. The van der Waals surface area contributed by atoms with Gasteiger partial charge < -0.3 is 15.7 Å². The maximum atomic E-state index is 12.6. The third-order valence-corrected chi connectivity index (χ3v) is 4.99. The van der Waals surface area contributed by atoms with Crippen molar-refractivity contribution in [2.24, 2.45) is 0 Å². The van der Waals surface area contributed by atoms with E-state index in [0.29, 0.717) is 23.7 Å². The van der Waals surface area contributed by atoms with Gasteiger partial charge in [0.25, 0.3) is 5.91 Å². The number of hydrogen-bond acceptors (Lipinski definition) is 4. The molecule has 1 amide bonds. The highest BCUT2D eigenvalue weighted by Gasteiger charge is 2.21. The maximum Gasteiger partial charge on any atom is 0.266 e.